The highest BCUT2D eigenvalue weighted by Crippen LogP contribution is 2.32. The highest BCUT2D eigenvalue weighted by Gasteiger charge is 2.28. The van der Waals surface area contributed by atoms with Crippen LogP contribution in [0, 0.1) is 0 Å². The molecular weight excluding hydrogens is 224 g/mol. The van der Waals surface area contributed by atoms with Crippen molar-refractivity contribution >= 4 is 23.0 Å². The Balaban J connectivity index is 2.27. The van der Waals surface area contributed by atoms with Crippen molar-refractivity contribution in [2.45, 2.75) is 19.4 Å². The largest absolute Gasteiger partial charge is 0.396 e. The Hall–Kier alpha value is -0.930. The van der Waals surface area contributed by atoms with Gasteiger partial charge in [0.15, 0.2) is 0 Å². The second-order valence-electron chi connectivity index (χ2n) is 4.70. The zero-order chi connectivity index (χ0) is 11.8. The van der Waals surface area contributed by atoms with Gasteiger partial charge < -0.3 is 15.4 Å². The van der Waals surface area contributed by atoms with Gasteiger partial charge in [0.05, 0.1) is 28.6 Å². The van der Waals surface area contributed by atoms with E-state index in [0.717, 1.165) is 25.4 Å². The van der Waals surface area contributed by atoms with Crippen LogP contribution in [-0.2, 0) is 4.74 Å². The lowest BCUT2D eigenvalue weighted by Gasteiger charge is -2.39. The molecule has 0 amide bonds. The molecule has 1 heterocycles. The number of hydrogen-bond acceptors (Lipinski definition) is 3. The van der Waals surface area contributed by atoms with Crippen LogP contribution < -0.4 is 10.6 Å². The molecule has 1 aromatic rings. The molecule has 4 heteroatoms. The summed E-state index contributed by atoms with van der Waals surface area (Å²) in [6.45, 7) is 6.57. The summed E-state index contributed by atoms with van der Waals surface area (Å²) in [7, 11) is 0. The number of nitrogens with zero attached hydrogens (tertiary/aromatic N) is 1. The van der Waals surface area contributed by atoms with Gasteiger partial charge in [-0.15, -0.1) is 0 Å². The first-order valence-electron chi connectivity index (χ1n) is 5.42. The maximum absolute atomic E-state index is 6.02. The van der Waals surface area contributed by atoms with Crippen LogP contribution in [-0.4, -0.2) is 25.3 Å². The molecule has 0 unspecified atom stereocenters. The molecule has 1 aliphatic heterocycles. The van der Waals surface area contributed by atoms with E-state index < -0.39 is 0 Å². The molecule has 0 bridgehead atoms. The molecule has 0 aromatic heterocycles. The molecular formula is C12H17ClN2O. The molecule has 0 atom stereocenters. The second-order valence-corrected chi connectivity index (χ2v) is 5.11. The molecule has 2 N–H and O–H groups in total. The third-order valence-electron chi connectivity index (χ3n) is 2.80. The van der Waals surface area contributed by atoms with Gasteiger partial charge in [-0.1, -0.05) is 17.7 Å². The van der Waals surface area contributed by atoms with Crippen LogP contribution in [0.3, 0.4) is 0 Å². The maximum atomic E-state index is 6.02. The molecule has 3 nitrogen and oxygen atoms in total. The molecule has 16 heavy (non-hydrogen) atoms. The smallest absolute Gasteiger partial charge is 0.0801 e. The molecule has 0 radical (unpaired) electrons. The van der Waals surface area contributed by atoms with Gasteiger partial charge in [-0.3, -0.25) is 0 Å². The van der Waals surface area contributed by atoms with Crippen molar-refractivity contribution in [1.82, 2.24) is 0 Å². The zero-order valence-electron chi connectivity index (χ0n) is 9.66. The SMILES string of the molecule is CC1(C)CN(c2cccc(Cl)c2N)CCO1. The van der Waals surface area contributed by atoms with E-state index in [4.69, 9.17) is 22.1 Å². The zero-order valence-corrected chi connectivity index (χ0v) is 10.4. The van der Waals surface area contributed by atoms with Crippen LogP contribution in [0.15, 0.2) is 18.2 Å². The average Bonchev–Trinajstić information content (AvgIpc) is 2.20. The average molecular weight is 241 g/mol. The van der Waals surface area contributed by atoms with E-state index in [9.17, 15) is 0 Å². The van der Waals surface area contributed by atoms with Crippen molar-refractivity contribution in [2.24, 2.45) is 0 Å². The third kappa shape index (κ3) is 2.25. The van der Waals surface area contributed by atoms with Crippen molar-refractivity contribution < 1.29 is 4.74 Å². The van der Waals surface area contributed by atoms with Crippen molar-refractivity contribution in [1.29, 1.82) is 0 Å². The maximum Gasteiger partial charge on any atom is 0.0801 e. The van der Waals surface area contributed by atoms with Crippen molar-refractivity contribution in [3.8, 4) is 0 Å². The molecule has 1 fully saturated rings. The predicted molar refractivity (Wildman–Crippen MR) is 68.1 cm³/mol. The third-order valence-corrected chi connectivity index (χ3v) is 3.13. The predicted octanol–water partition coefficient (Wildman–Crippen LogP) is 2.54. The van der Waals surface area contributed by atoms with E-state index >= 15 is 0 Å². The fourth-order valence-corrected chi connectivity index (χ4v) is 2.19. The minimum Gasteiger partial charge on any atom is -0.396 e. The van der Waals surface area contributed by atoms with E-state index in [1.165, 1.54) is 0 Å². The summed E-state index contributed by atoms with van der Waals surface area (Å²) in [6, 6.07) is 5.74. The van der Waals surface area contributed by atoms with E-state index in [1.807, 2.05) is 18.2 Å². The van der Waals surface area contributed by atoms with Crippen LogP contribution in [0.1, 0.15) is 13.8 Å². The van der Waals surface area contributed by atoms with Gasteiger partial charge in [0.25, 0.3) is 0 Å². The summed E-state index contributed by atoms with van der Waals surface area (Å²) in [5.74, 6) is 0. The van der Waals surface area contributed by atoms with Gasteiger partial charge in [0.2, 0.25) is 0 Å². The number of rotatable bonds is 1. The van der Waals surface area contributed by atoms with Crippen LogP contribution in [0.5, 0.6) is 0 Å². The normalized spacial score (nSPS) is 19.8. The molecule has 1 aliphatic rings. The number of halogens is 1. The molecule has 0 aliphatic carbocycles. The summed E-state index contributed by atoms with van der Waals surface area (Å²) in [5, 5.41) is 0.613. The molecule has 88 valence electrons. The van der Waals surface area contributed by atoms with Crippen molar-refractivity contribution in [2.75, 3.05) is 30.3 Å². The molecule has 0 spiro atoms. The standard InChI is InChI=1S/C12H17ClN2O/c1-12(2)8-15(6-7-16-12)10-5-3-4-9(13)11(10)14/h3-5H,6-8,14H2,1-2H3. The Morgan fingerprint density at radius 2 is 2.19 bits per heavy atom. The first-order valence-corrected chi connectivity index (χ1v) is 5.80. The summed E-state index contributed by atoms with van der Waals surface area (Å²) >= 11 is 6.02. The number of nitrogens with two attached hydrogens (primary N) is 1. The van der Waals surface area contributed by atoms with Crippen LogP contribution in [0.4, 0.5) is 11.4 Å². The number of nitrogen functional groups attached to an aromatic ring is 1. The molecule has 1 aromatic carbocycles. The van der Waals surface area contributed by atoms with Gasteiger partial charge in [0, 0.05) is 13.1 Å². The lowest BCUT2D eigenvalue weighted by Crippen LogP contribution is -2.48. The molecule has 0 saturated carbocycles. The number of morpholine rings is 1. The fraction of sp³-hybridized carbons (Fsp3) is 0.500. The summed E-state index contributed by atoms with van der Waals surface area (Å²) in [5.41, 5.74) is 7.51. The van der Waals surface area contributed by atoms with Crippen LogP contribution in [0.25, 0.3) is 0 Å². The highest BCUT2D eigenvalue weighted by molar-refractivity contribution is 6.33. The van der Waals surface area contributed by atoms with E-state index in [1.54, 1.807) is 0 Å². The molecule has 2 rings (SSSR count). The monoisotopic (exact) mass is 240 g/mol. The quantitative estimate of drug-likeness (QED) is 0.767. The molecule has 1 saturated heterocycles. The Kier molecular flexibility index (Phi) is 3.00. The highest BCUT2D eigenvalue weighted by atomic mass is 35.5. The van der Waals surface area contributed by atoms with Crippen LogP contribution in [0.2, 0.25) is 5.02 Å². The Morgan fingerprint density at radius 1 is 1.44 bits per heavy atom. The van der Waals surface area contributed by atoms with Crippen molar-refractivity contribution in [3.05, 3.63) is 23.2 Å². The number of ether oxygens (including phenoxy) is 1. The summed E-state index contributed by atoms with van der Waals surface area (Å²) in [6.07, 6.45) is 0. The van der Waals surface area contributed by atoms with E-state index in [2.05, 4.69) is 18.7 Å². The Bertz CT molecular complexity index is 393. The number of hydrogen-bond donors (Lipinski definition) is 1. The minimum absolute atomic E-state index is 0.132. The first kappa shape index (κ1) is 11.6. The van der Waals surface area contributed by atoms with Gasteiger partial charge in [0.1, 0.15) is 0 Å². The first-order chi connectivity index (χ1) is 7.49. The second kappa shape index (κ2) is 4.15. The van der Waals surface area contributed by atoms with E-state index in [0.29, 0.717) is 10.7 Å². The van der Waals surface area contributed by atoms with Gasteiger partial charge in [-0.2, -0.15) is 0 Å². The number of para-hydroxylation sites is 1. The van der Waals surface area contributed by atoms with E-state index in [-0.39, 0.29) is 5.60 Å². The lowest BCUT2D eigenvalue weighted by molar-refractivity contribution is -0.0276. The van der Waals surface area contributed by atoms with Crippen molar-refractivity contribution in [3.63, 3.8) is 0 Å². The summed E-state index contributed by atoms with van der Waals surface area (Å²) < 4.78 is 5.67. The fourth-order valence-electron chi connectivity index (χ4n) is 2.02. The van der Waals surface area contributed by atoms with Gasteiger partial charge >= 0.3 is 0 Å². The number of benzene rings is 1. The lowest BCUT2D eigenvalue weighted by atomic mass is 10.1. The topological polar surface area (TPSA) is 38.5 Å². The summed E-state index contributed by atoms with van der Waals surface area (Å²) in [4.78, 5) is 2.23. The number of anilines is 2. The van der Waals surface area contributed by atoms with Crippen LogP contribution >= 0.6 is 11.6 Å². The minimum atomic E-state index is -0.132. The Morgan fingerprint density at radius 3 is 2.88 bits per heavy atom. The Labute approximate surface area is 101 Å². The van der Waals surface area contributed by atoms with Gasteiger partial charge in [-0.05, 0) is 26.0 Å². The van der Waals surface area contributed by atoms with Gasteiger partial charge in [-0.25, -0.2) is 0 Å².